The topological polar surface area (TPSA) is 76.1 Å². The molecule has 0 aliphatic rings. The highest BCUT2D eigenvalue weighted by Crippen LogP contribution is 2.19. The van der Waals surface area contributed by atoms with E-state index < -0.39 is 0 Å². The van der Waals surface area contributed by atoms with Gasteiger partial charge in [-0.05, 0) is 42.8 Å². The van der Waals surface area contributed by atoms with Crippen LogP contribution >= 0.6 is 0 Å². The van der Waals surface area contributed by atoms with Crippen LogP contribution in [0.15, 0.2) is 60.9 Å². The van der Waals surface area contributed by atoms with Gasteiger partial charge in [0, 0.05) is 17.4 Å². The van der Waals surface area contributed by atoms with Crippen LogP contribution < -0.4 is 15.4 Å². The molecule has 3 rings (SSSR count). The average Bonchev–Trinajstić information content (AvgIpc) is 2.64. The van der Waals surface area contributed by atoms with E-state index in [2.05, 4.69) is 20.6 Å². The van der Waals surface area contributed by atoms with Gasteiger partial charge >= 0.3 is 0 Å². The van der Waals surface area contributed by atoms with Crippen LogP contribution in [0.1, 0.15) is 16.1 Å². The first kappa shape index (κ1) is 16.4. The molecule has 1 amide bonds. The molecule has 1 aromatic heterocycles. The minimum atomic E-state index is -0.305. The summed E-state index contributed by atoms with van der Waals surface area (Å²) in [7, 11) is 1.59. The maximum absolute atomic E-state index is 12.4. The third-order valence-corrected chi connectivity index (χ3v) is 3.66. The van der Waals surface area contributed by atoms with Crippen LogP contribution in [-0.2, 0) is 0 Å². The van der Waals surface area contributed by atoms with E-state index in [1.807, 2.05) is 31.2 Å². The molecule has 0 atom stereocenters. The van der Waals surface area contributed by atoms with E-state index in [0.717, 1.165) is 17.0 Å². The summed E-state index contributed by atoms with van der Waals surface area (Å²) in [4.78, 5) is 20.6. The van der Waals surface area contributed by atoms with E-state index in [0.29, 0.717) is 11.5 Å². The number of aryl methyl sites for hydroxylation is 1. The molecule has 0 aliphatic carbocycles. The van der Waals surface area contributed by atoms with Crippen molar-refractivity contribution < 1.29 is 9.53 Å². The summed E-state index contributed by atoms with van der Waals surface area (Å²) in [5.41, 5.74) is 2.97. The maximum atomic E-state index is 12.4. The number of aromatic nitrogens is 2. The Bertz CT molecular complexity index is 879. The summed E-state index contributed by atoms with van der Waals surface area (Å²) in [6, 6.07) is 16.6. The van der Waals surface area contributed by atoms with E-state index in [1.54, 1.807) is 37.4 Å². The van der Waals surface area contributed by atoms with E-state index in [4.69, 9.17) is 4.74 Å². The largest absolute Gasteiger partial charge is 0.497 e. The Morgan fingerprint density at radius 2 is 1.80 bits per heavy atom. The molecule has 0 radical (unpaired) electrons. The van der Waals surface area contributed by atoms with Crippen LogP contribution in [-0.4, -0.2) is 23.0 Å². The summed E-state index contributed by atoms with van der Waals surface area (Å²) in [6.45, 7) is 2.00. The summed E-state index contributed by atoms with van der Waals surface area (Å²) in [6.07, 6.45) is 1.36. The lowest BCUT2D eigenvalue weighted by molar-refractivity contribution is 0.102. The summed E-state index contributed by atoms with van der Waals surface area (Å²) >= 11 is 0. The quantitative estimate of drug-likeness (QED) is 0.742. The number of nitrogens with zero attached hydrogens (tertiary/aromatic N) is 2. The predicted octanol–water partition coefficient (Wildman–Crippen LogP) is 3.79. The Balaban J connectivity index is 1.74. The lowest BCUT2D eigenvalue weighted by Gasteiger charge is -2.10. The number of nitrogens with one attached hydrogen (secondary N) is 2. The molecule has 25 heavy (non-hydrogen) atoms. The fourth-order valence-electron chi connectivity index (χ4n) is 2.27. The molecule has 0 unspecified atom stereocenters. The second-order valence-corrected chi connectivity index (χ2v) is 5.41. The van der Waals surface area contributed by atoms with Gasteiger partial charge in [-0.1, -0.05) is 18.2 Å². The molecular formula is C19H18N4O2. The van der Waals surface area contributed by atoms with Gasteiger partial charge in [-0.15, -0.1) is 0 Å². The number of benzene rings is 2. The zero-order valence-corrected chi connectivity index (χ0v) is 14.0. The highest BCUT2D eigenvalue weighted by atomic mass is 16.5. The molecule has 6 nitrogen and oxygen atoms in total. The fourth-order valence-corrected chi connectivity index (χ4v) is 2.27. The monoisotopic (exact) mass is 334 g/mol. The van der Waals surface area contributed by atoms with Crippen molar-refractivity contribution in [3.63, 3.8) is 0 Å². The first-order valence-electron chi connectivity index (χ1n) is 7.76. The van der Waals surface area contributed by atoms with Crippen molar-refractivity contribution in [1.29, 1.82) is 0 Å². The number of hydrogen-bond donors (Lipinski definition) is 2. The van der Waals surface area contributed by atoms with Crippen molar-refractivity contribution in [3.8, 4) is 5.75 Å². The van der Waals surface area contributed by atoms with Crippen LogP contribution in [0.4, 0.5) is 17.2 Å². The van der Waals surface area contributed by atoms with Crippen molar-refractivity contribution in [3.05, 3.63) is 72.2 Å². The Labute approximate surface area is 145 Å². The van der Waals surface area contributed by atoms with Gasteiger partial charge in [-0.3, -0.25) is 4.79 Å². The highest BCUT2D eigenvalue weighted by Gasteiger charge is 2.10. The van der Waals surface area contributed by atoms with Gasteiger partial charge in [0.15, 0.2) is 0 Å². The minimum Gasteiger partial charge on any atom is -0.497 e. The van der Waals surface area contributed by atoms with Crippen LogP contribution in [0, 0.1) is 6.92 Å². The Morgan fingerprint density at radius 1 is 1.04 bits per heavy atom. The van der Waals surface area contributed by atoms with Gasteiger partial charge in [-0.2, -0.15) is 0 Å². The van der Waals surface area contributed by atoms with Crippen LogP contribution in [0.2, 0.25) is 0 Å². The number of rotatable bonds is 5. The molecule has 126 valence electrons. The van der Waals surface area contributed by atoms with Gasteiger partial charge in [0.2, 0.25) is 0 Å². The standard InChI is InChI=1S/C19H18N4O2/c1-13-5-3-4-6-16(13)23-18-11-17(20-12-21-18)19(24)22-14-7-9-15(25-2)10-8-14/h3-12H,1-2H3,(H,22,24)(H,20,21,23). The fraction of sp³-hybridized carbons (Fsp3) is 0.105. The van der Waals surface area contributed by atoms with Crippen molar-refractivity contribution >= 4 is 23.1 Å². The van der Waals surface area contributed by atoms with Gasteiger partial charge < -0.3 is 15.4 Å². The lowest BCUT2D eigenvalue weighted by Crippen LogP contribution is -2.14. The smallest absolute Gasteiger partial charge is 0.274 e. The second-order valence-electron chi connectivity index (χ2n) is 5.41. The number of para-hydroxylation sites is 1. The first-order valence-corrected chi connectivity index (χ1v) is 7.76. The Morgan fingerprint density at radius 3 is 2.52 bits per heavy atom. The molecule has 6 heteroatoms. The molecule has 0 fully saturated rings. The first-order chi connectivity index (χ1) is 12.2. The number of amides is 1. The van der Waals surface area contributed by atoms with Crippen LogP contribution in [0.5, 0.6) is 5.75 Å². The van der Waals surface area contributed by atoms with Crippen molar-refractivity contribution in [2.75, 3.05) is 17.7 Å². The van der Waals surface area contributed by atoms with Crippen LogP contribution in [0.25, 0.3) is 0 Å². The predicted molar refractivity (Wildman–Crippen MR) is 97.4 cm³/mol. The number of anilines is 3. The summed E-state index contributed by atoms with van der Waals surface area (Å²) in [5.74, 6) is 0.981. The summed E-state index contributed by atoms with van der Waals surface area (Å²) in [5, 5.41) is 6.00. The Hall–Kier alpha value is -3.41. The van der Waals surface area contributed by atoms with Gasteiger partial charge in [0.05, 0.1) is 7.11 Å². The molecule has 2 N–H and O–H groups in total. The van der Waals surface area contributed by atoms with E-state index in [1.165, 1.54) is 6.33 Å². The zero-order chi connectivity index (χ0) is 17.6. The molecule has 0 aliphatic heterocycles. The average molecular weight is 334 g/mol. The molecular weight excluding hydrogens is 316 g/mol. The summed E-state index contributed by atoms with van der Waals surface area (Å²) < 4.78 is 5.10. The van der Waals surface area contributed by atoms with E-state index in [-0.39, 0.29) is 11.6 Å². The number of carbonyl (C=O) groups is 1. The molecule has 0 bridgehead atoms. The van der Waals surface area contributed by atoms with Gasteiger partial charge in [0.25, 0.3) is 5.91 Å². The molecule has 2 aromatic carbocycles. The molecule has 0 saturated heterocycles. The SMILES string of the molecule is COc1ccc(NC(=O)c2cc(Nc3ccccc3C)ncn2)cc1. The minimum absolute atomic E-state index is 0.280. The van der Waals surface area contributed by atoms with E-state index >= 15 is 0 Å². The number of carbonyl (C=O) groups excluding carboxylic acids is 1. The van der Waals surface area contributed by atoms with Crippen molar-refractivity contribution in [1.82, 2.24) is 9.97 Å². The molecule has 0 saturated carbocycles. The molecule has 0 spiro atoms. The number of hydrogen-bond acceptors (Lipinski definition) is 5. The van der Waals surface area contributed by atoms with Crippen molar-refractivity contribution in [2.24, 2.45) is 0 Å². The Kier molecular flexibility index (Phi) is 4.89. The highest BCUT2D eigenvalue weighted by molar-refractivity contribution is 6.03. The molecule has 1 heterocycles. The lowest BCUT2D eigenvalue weighted by atomic mass is 10.2. The third-order valence-electron chi connectivity index (χ3n) is 3.66. The number of ether oxygens (including phenoxy) is 1. The number of methoxy groups -OCH3 is 1. The normalized spacial score (nSPS) is 10.2. The zero-order valence-electron chi connectivity index (χ0n) is 14.0. The second kappa shape index (κ2) is 7.44. The van der Waals surface area contributed by atoms with Gasteiger partial charge in [0.1, 0.15) is 23.6 Å². The van der Waals surface area contributed by atoms with Crippen molar-refractivity contribution in [2.45, 2.75) is 6.92 Å². The maximum Gasteiger partial charge on any atom is 0.274 e. The molecule has 3 aromatic rings. The van der Waals surface area contributed by atoms with E-state index in [9.17, 15) is 4.79 Å². The third kappa shape index (κ3) is 4.11. The van der Waals surface area contributed by atoms with Gasteiger partial charge in [-0.25, -0.2) is 9.97 Å². The van der Waals surface area contributed by atoms with Crippen LogP contribution in [0.3, 0.4) is 0 Å².